The predicted octanol–water partition coefficient (Wildman–Crippen LogP) is 3.96. The van der Waals surface area contributed by atoms with E-state index in [1.807, 2.05) is 30.3 Å². The highest BCUT2D eigenvalue weighted by Crippen LogP contribution is 2.38. The standard InChI is InChI=1S/C22H20ClNO4/c1-28-13-12-24-20(16-8-5-9-17(23)14-16)19(21(26)22(24)27)18(25)11-10-15-6-3-2-4-7-15/h2-11,14,20,26H,12-13H2,1H3. The Kier molecular flexibility index (Phi) is 6.29. The summed E-state index contributed by atoms with van der Waals surface area (Å²) in [7, 11) is 1.52. The number of hydrogen-bond donors (Lipinski definition) is 1. The molecule has 0 saturated heterocycles. The van der Waals surface area contributed by atoms with Crippen molar-refractivity contribution in [2.24, 2.45) is 0 Å². The van der Waals surface area contributed by atoms with E-state index in [4.69, 9.17) is 16.3 Å². The molecule has 6 heteroatoms. The van der Waals surface area contributed by atoms with Gasteiger partial charge in [0.2, 0.25) is 0 Å². The topological polar surface area (TPSA) is 66.8 Å². The molecule has 0 fully saturated rings. The molecule has 2 aromatic rings. The summed E-state index contributed by atoms with van der Waals surface area (Å²) in [5.41, 5.74) is 1.53. The number of amides is 1. The van der Waals surface area contributed by atoms with E-state index in [-0.39, 0.29) is 18.7 Å². The second kappa shape index (κ2) is 8.87. The van der Waals surface area contributed by atoms with Crippen LogP contribution in [0.25, 0.3) is 6.08 Å². The molecule has 0 saturated carbocycles. The first-order valence-corrected chi connectivity index (χ1v) is 9.16. The van der Waals surface area contributed by atoms with Gasteiger partial charge in [-0.15, -0.1) is 0 Å². The minimum Gasteiger partial charge on any atom is -0.503 e. The van der Waals surface area contributed by atoms with Crippen LogP contribution in [-0.2, 0) is 14.3 Å². The Labute approximate surface area is 168 Å². The molecule has 0 radical (unpaired) electrons. The zero-order valence-electron chi connectivity index (χ0n) is 15.3. The summed E-state index contributed by atoms with van der Waals surface area (Å²) in [6, 6.07) is 15.5. The third-order valence-electron chi connectivity index (χ3n) is 4.50. The molecule has 3 rings (SSSR count). The molecular weight excluding hydrogens is 378 g/mol. The number of ketones is 1. The third-order valence-corrected chi connectivity index (χ3v) is 4.73. The predicted molar refractivity (Wildman–Crippen MR) is 108 cm³/mol. The largest absolute Gasteiger partial charge is 0.503 e. The summed E-state index contributed by atoms with van der Waals surface area (Å²) < 4.78 is 5.08. The molecule has 1 N–H and O–H groups in total. The molecule has 5 nitrogen and oxygen atoms in total. The van der Waals surface area contributed by atoms with Crippen LogP contribution in [0.1, 0.15) is 17.2 Å². The lowest BCUT2D eigenvalue weighted by Crippen LogP contribution is -2.33. The summed E-state index contributed by atoms with van der Waals surface area (Å²) in [4.78, 5) is 27.0. The van der Waals surface area contributed by atoms with Gasteiger partial charge < -0.3 is 14.7 Å². The van der Waals surface area contributed by atoms with Crippen LogP contribution in [0.15, 0.2) is 72.0 Å². The number of carbonyl (C=O) groups excluding carboxylic acids is 2. The fourth-order valence-corrected chi connectivity index (χ4v) is 3.37. The zero-order valence-corrected chi connectivity index (χ0v) is 16.1. The third kappa shape index (κ3) is 4.16. The summed E-state index contributed by atoms with van der Waals surface area (Å²) >= 11 is 6.11. The average molecular weight is 398 g/mol. The summed E-state index contributed by atoms with van der Waals surface area (Å²) in [5, 5.41) is 10.9. The minimum atomic E-state index is -0.728. The van der Waals surface area contributed by atoms with E-state index in [2.05, 4.69) is 0 Å². The first kappa shape index (κ1) is 19.9. The molecule has 1 amide bonds. The van der Waals surface area contributed by atoms with Gasteiger partial charge in [-0.3, -0.25) is 9.59 Å². The number of carbonyl (C=O) groups is 2. The lowest BCUT2D eigenvalue weighted by molar-refractivity contribution is -0.130. The first-order chi connectivity index (χ1) is 13.5. The Hall–Kier alpha value is -2.89. The van der Waals surface area contributed by atoms with Crippen LogP contribution in [0.5, 0.6) is 0 Å². The highest BCUT2D eigenvalue weighted by atomic mass is 35.5. The van der Waals surface area contributed by atoms with Crippen LogP contribution in [-0.4, -0.2) is 42.0 Å². The van der Waals surface area contributed by atoms with Gasteiger partial charge in [-0.1, -0.05) is 60.1 Å². The first-order valence-electron chi connectivity index (χ1n) is 8.79. The maximum Gasteiger partial charge on any atom is 0.290 e. The number of methoxy groups -OCH3 is 1. The van der Waals surface area contributed by atoms with E-state index < -0.39 is 23.5 Å². The van der Waals surface area contributed by atoms with Crippen molar-refractivity contribution in [3.63, 3.8) is 0 Å². The van der Waals surface area contributed by atoms with Gasteiger partial charge in [0.25, 0.3) is 5.91 Å². The van der Waals surface area contributed by atoms with Gasteiger partial charge in [0.1, 0.15) is 0 Å². The van der Waals surface area contributed by atoms with Crippen molar-refractivity contribution in [3.8, 4) is 0 Å². The van der Waals surface area contributed by atoms with Crippen molar-refractivity contribution < 1.29 is 19.4 Å². The molecule has 1 aliphatic rings. The van der Waals surface area contributed by atoms with Crippen molar-refractivity contribution in [3.05, 3.63) is 88.2 Å². The van der Waals surface area contributed by atoms with Gasteiger partial charge in [-0.2, -0.15) is 0 Å². The maximum atomic E-state index is 12.9. The van der Waals surface area contributed by atoms with Gasteiger partial charge >= 0.3 is 0 Å². The van der Waals surface area contributed by atoms with Gasteiger partial charge in [-0.25, -0.2) is 0 Å². The fraction of sp³-hybridized carbons (Fsp3) is 0.182. The van der Waals surface area contributed by atoms with E-state index in [1.165, 1.54) is 18.1 Å². The van der Waals surface area contributed by atoms with Crippen molar-refractivity contribution in [1.29, 1.82) is 0 Å². The molecular formula is C22H20ClNO4. The normalized spacial score (nSPS) is 17.0. The number of nitrogens with zero attached hydrogens (tertiary/aromatic N) is 1. The molecule has 1 atom stereocenters. The Morgan fingerprint density at radius 3 is 2.64 bits per heavy atom. The van der Waals surface area contributed by atoms with E-state index in [1.54, 1.807) is 30.3 Å². The number of allylic oxidation sites excluding steroid dienone is 1. The fourth-order valence-electron chi connectivity index (χ4n) is 3.17. The van der Waals surface area contributed by atoms with Gasteiger partial charge in [0.15, 0.2) is 11.5 Å². The number of halogens is 1. The number of ether oxygens (including phenoxy) is 1. The highest BCUT2D eigenvalue weighted by Gasteiger charge is 2.42. The number of aliphatic hydroxyl groups excluding tert-OH is 1. The van der Waals surface area contributed by atoms with Gasteiger partial charge in [0, 0.05) is 18.7 Å². The number of aliphatic hydroxyl groups is 1. The molecule has 0 spiro atoms. The maximum absolute atomic E-state index is 12.9. The summed E-state index contributed by atoms with van der Waals surface area (Å²) in [5.74, 6) is -1.57. The Balaban J connectivity index is 1.98. The van der Waals surface area contributed by atoms with Crippen molar-refractivity contribution >= 4 is 29.4 Å². The molecule has 1 aliphatic heterocycles. The molecule has 28 heavy (non-hydrogen) atoms. The smallest absolute Gasteiger partial charge is 0.290 e. The van der Waals surface area contributed by atoms with E-state index in [0.717, 1.165) is 5.56 Å². The molecule has 0 bridgehead atoms. The van der Waals surface area contributed by atoms with Crippen LogP contribution < -0.4 is 0 Å². The zero-order chi connectivity index (χ0) is 20.1. The van der Waals surface area contributed by atoms with Gasteiger partial charge in [-0.05, 0) is 29.3 Å². The number of rotatable bonds is 7. The van der Waals surface area contributed by atoms with Crippen LogP contribution in [0.2, 0.25) is 5.02 Å². The second-order valence-corrected chi connectivity index (χ2v) is 6.76. The highest BCUT2D eigenvalue weighted by molar-refractivity contribution is 6.30. The van der Waals surface area contributed by atoms with Crippen molar-refractivity contribution in [1.82, 2.24) is 4.90 Å². The quantitative estimate of drug-likeness (QED) is 0.718. The monoisotopic (exact) mass is 397 g/mol. The summed E-state index contributed by atoms with van der Waals surface area (Å²) in [6.45, 7) is 0.507. The Morgan fingerprint density at radius 1 is 1.21 bits per heavy atom. The van der Waals surface area contributed by atoms with E-state index in [0.29, 0.717) is 10.6 Å². The molecule has 1 unspecified atom stereocenters. The lowest BCUT2D eigenvalue weighted by Gasteiger charge is -2.26. The Bertz CT molecular complexity index is 937. The van der Waals surface area contributed by atoms with E-state index in [9.17, 15) is 14.7 Å². The second-order valence-electron chi connectivity index (χ2n) is 6.32. The number of benzene rings is 2. The van der Waals surface area contributed by atoms with Crippen LogP contribution >= 0.6 is 11.6 Å². The molecule has 2 aromatic carbocycles. The SMILES string of the molecule is COCCN1C(=O)C(O)=C(C(=O)C=Cc2ccccc2)C1c1cccc(Cl)c1. The van der Waals surface area contributed by atoms with Crippen molar-refractivity contribution in [2.45, 2.75) is 6.04 Å². The average Bonchev–Trinajstić information content (AvgIpc) is 2.96. The van der Waals surface area contributed by atoms with Crippen LogP contribution in [0.4, 0.5) is 0 Å². The molecule has 1 heterocycles. The van der Waals surface area contributed by atoms with Crippen molar-refractivity contribution in [2.75, 3.05) is 20.3 Å². The van der Waals surface area contributed by atoms with Crippen LogP contribution in [0.3, 0.4) is 0 Å². The van der Waals surface area contributed by atoms with Crippen LogP contribution in [0, 0.1) is 0 Å². The molecule has 144 valence electrons. The molecule has 0 aliphatic carbocycles. The molecule has 0 aromatic heterocycles. The Morgan fingerprint density at radius 2 is 1.96 bits per heavy atom. The summed E-state index contributed by atoms with van der Waals surface area (Å²) in [6.07, 6.45) is 3.02. The lowest BCUT2D eigenvalue weighted by atomic mass is 9.95. The minimum absolute atomic E-state index is 0.0375. The van der Waals surface area contributed by atoms with Gasteiger partial charge in [0.05, 0.1) is 18.2 Å². The number of hydrogen-bond acceptors (Lipinski definition) is 4. The van der Waals surface area contributed by atoms with E-state index >= 15 is 0 Å².